The molecule has 11 heavy (non-hydrogen) atoms. The molecule has 0 saturated heterocycles. The van der Waals surface area contributed by atoms with Crippen LogP contribution in [0.1, 0.15) is 24.8 Å². The van der Waals surface area contributed by atoms with Gasteiger partial charge in [0, 0.05) is 10.9 Å². The van der Waals surface area contributed by atoms with Gasteiger partial charge in [0.15, 0.2) is 0 Å². The van der Waals surface area contributed by atoms with Gasteiger partial charge in [0.1, 0.15) is 0 Å². The Labute approximate surface area is 76.2 Å². The Morgan fingerprint density at radius 1 is 1.55 bits per heavy atom. The topological polar surface area (TPSA) is 26.0 Å². The number of thiophene rings is 1. The molecule has 2 N–H and O–H groups in total. The Bertz CT molecular complexity index is 232. The standard InChI is InChI=1S/C8H12ClNS/c1-5(2)7(10)8-6(9)3-4-11-8/h3-5,7H,10H2,1-2H3/t7-/m0/s1. The molecule has 0 spiro atoms. The summed E-state index contributed by atoms with van der Waals surface area (Å²) in [6.45, 7) is 4.20. The molecule has 1 nitrogen and oxygen atoms in total. The van der Waals surface area contributed by atoms with Gasteiger partial charge >= 0.3 is 0 Å². The van der Waals surface area contributed by atoms with Gasteiger partial charge in [0.05, 0.1) is 5.02 Å². The predicted octanol–water partition coefficient (Wildman–Crippen LogP) is 3.06. The first-order chi connectivity index (χ1) is 5.13. The van der Waals surface area contributed by atoms with Crippen molar-refractivity contribution in [2.45, 2.75) is 19.9 Å². The number of rotatable bonds is 2. The quantitative estimate of drug-likeness (QED) is 0.761. The average molecular weight is 190 g/mol. The van der Waals surface area contributed by atoms with Crippen molar-refractivity contribution < 1.29 is 0 Å². The molecule has 0 aliphatic heterocycles. The van der Waals surface area contributed by atoms with E-state index in [1.54, 1.807) is 11.3 Å². The minimum absolute atomic E-state index is 0.0856. The van der Waals surface area contributed by atoms with E-state index in [-0.39, 0.29) is 6.04 Å². The highest BCUT2D eigenvalue weighted by atomic mass is 35.5. The molecule has 3 heteroatoms. The summed E-state index contributed by atoms with van der Waals surface area (Å²) in [5, 5.41) is 2.77. The lowest BCUT2D eigenvalue weighted by Crippen LogP contribution is -2.15. The Hall–Kier alpha value is -0.0500. The lowest BCUT2D eigenvalue weighted by Gasteiger charge is -2.13. The monoisotopic (exact) mass is 189 g/mol. The van der Waals surface area contributed by atoms with E-state index in [4.69, 9.17) is 17.3 Å². The third-order valence-corrected chi connectivity index (χ3v) is 3.13. The second-order valence-electron chi connectivity index (χ2n) is 2.90. The zero-order chi connectivity index (χ0) is 8.43. The van der Waals surface area contributed by atoms with Gasteiger partial charge in [-0.15, -0.1) is 11.3 Å². The number of hydrogen-bond donors (Lipinski definition) is 1. The summed E-state index contributed by atoms with van der Waals surface area (Å²) in [4.78, 5) is 1.10. The first kappa shape index (κ1) is 9.04. The van der Waals surface area contributed by atoms with Crippen LogP contribution in [0, 0.1) is 5.92 Å². The Balaban J connectivity index is 2.84. The zero-order valence-corrected chi connectivity index (χ0v) is 8.25. The van der Waals surface area contributed by atoms with Crippen molar-refractivity contribution in [2.24, 2.45) is 11.7 Å². The van der Waals surface area contributed by atoms with Crippen LogP contribution in [0.4, 0.5) is 0 Å². The number of nitrogens with two attached hydrogens (primary N) is 1. The molecular formula is C8H12ClNS. The molecule has 0 radical (unpaired) electrons. The first-order valence-corrected chi connectivity index (χ1v) is 4.87. The predicted molar refractivity (Wildman–Crippen MR) is 51.1 cm³/mol. The minimum Gasteiger partial charge on any atom is -0.323 e. The molecule has 1 rings (SSSR count). The van der Waals surface area contributed by atoms with E-state index in [1.807, 2.05) is 11.4 Å². The molecular weight excluding hydrogens is 178 g/mol. The van der Waals surface area contributed by atoms with Crippen molar-refractivity contribution >= 4 is 22.9 Å². The summed E-state index contributed by atoms with van der Waals surface area (Å²) in [6, 6.07) is 1.98. The van der Waals surface area contributed by atoms with Crippen molar-refractivity contribution in [3.05, 3.63) is 21.3 Å². The van der Waals surface area contributed by atoms with E-state index in [0.29, 0.717) is 5.92 Å². The maximum absolute atomic E-state index is 5.91. The fraction of sp³-hybridized carbons (Fsp3) is 0.500. The van der Waals surface area contributed by atoms with Gasteiger partial charge in [0.2, 0.25) is 0 Å². The third-order valence-electron chi connectivity index (χ3n) is 1.67. The van der Waals surface area contributed by atoms with E-state index in [0.717, 1.165) is 9.90 Å². The maximum Gasteiger partial charge on any atom is 0.0561 e. The highest BCUT2D eigenvalue weighted by Crippen LogP contribution is 2.30. The normalized spacial score (nSPS) is 13.9. The van der Waals surface area contributed by atoms with Crippen molar-refractivity contribution in [3.63, 3.8) is 0 Å². The van der Waals surface area contributed by atoms with Gasteiger partial charge in [-0.2, -0.15) is 0 Å². The van der Waals surface area contributed by atoms with Crippen LogP contribution in [0.5, 0.6) is 0 Å². The Morgan fingerprint density at radius 3 is 2.55 bits per heavy atom. The average Bonchev–Trinajstić information content (AvgIpc) is 2.33. The number of hydrogen-bond acceptors (Lipinski definition) is 2. The third kappa shape index (κ3) is 1.95. The number of halogens is 1. The molecule has 0 amide bonds. The van der Waals surface area contributed by atoms with E-state index in [9.17, 15) is 0 Å². The molecule has 0 saturated carbocycles. The molecule has 0 unspecified atom stereocenters. The van der Waals surface area contributed by atoms with Crippen LogP contribution >= 0.6 is 22.9 Å². The van der Waals surface area contributed by atoms with E-state index in [1.165, 1.54) is 0 Å². The van der Waals surface area contributed by atoms with Gasteiger partial charge in [-0.05, 0) is 17.4 Å². The summed E-state index contributed by atoms with van der Waals surface area (Å²) in [7, 11) is 0. The second-order valence-corrected chi connectivity index (χ2v) is 4.26. The van der Waals surface area contributed by atoms with Gasteiger partial charge in [-0.3, -0.25) is 0 Å². The molecule has 0 fully saturated rings. The lowest BCUT2D eigenvalue weighted by atomic mass is 10.0. The Kier molecular flexibility index (Phi) is 2.93. The lowest BCUT2D eigenvalue weighted by molar-refractivity contribution is 0.521. The zero-order valence-electron chi connectivity index (χ0n) is 6.67. The molecule has 1 heterocycles. The molecule has 0 bridgehead atoms. The summed E-state index contributed by atoms with van der Waals surface area (Å²) in [6.07, 6.45) is 0. The van der Waals surface area contributed by atoms with Crippen LogP contribution < -0.4 is 5.73 Å². The summed E-state index contributed by atoms with van der Waals surface area (Å²) in [5.74, 6) is 0.450. The summed E-state index contributed by atoms with van der Waals surface area (Å²) in [5.41, 5.74) is 5.91. The maximum atomic E-state index is 5.91. The van der Waals surface area contributed by atoms with Crippen LogP contribution in [0.2, 0.25) is 5.02 Å². The smallest absolute Gasteiger partial charge is 0.0561 e. The molecule has 62 valence electrons. The largest absolute Gasteiger partial charge is 0.323 e. The Morgan fingerprint density at radius 2 is 2.18 bits per heavy atom. The van der Waals surface area contributed by atoms with E-state index >= 15 is 0 Å². The van der Waals surface area contributed by atoms with Crippen molar-refractivity contribution in [1.82, 2.24) is 0 Å². The van der Waals surface area contributed by atoms with Gasteiger partial charge in [-0.25, -0.2) is 0 Å². The molecule has 1 aromatic rings. The van der Waals surface area contributed by atoms with E-state index in [2.05, 4.69) is 13.8 Å². The first-order valence-electron chi connectivity index (χ1n) is 3.61. The van der Waals surface area contributed by atoms with Gasteiger partial charge in [-0.1, -0.05) is 25.4 Å². The van der Waals surface area contributed by atoms with Crippen molar-refractivity contribution in [3.8, 4) is 0 Å². The van der Waals surface area contributed by atoms with E-state index < -0.39 is 0 Å². The molecule has 0 aromatic carbocycles. The van der Waals surface area contributed by atoms with Gasteiger partial charge < -0.3 is 5.73 Å². The fourth-order valence-corrected chi connectivity index (χ4v) is 2.20. The van der Waals surface area contributed by atoms with Crippen LogP contribution in [-0.2, 0) is 0 Å². The van der Waals surface area contributed by atoms with Crippen LogP contribution in [-0.4, -0.2) is 0 Å². The molecule has 0 aliphatic rings. The second kappa shape index (κ2) is 3.57. The highest BCUT2D eigenvalue weighted by molar-refractivity contribution is 7.10. The van der Waals surface area contributed by atoms with Crippen LogP contribution in [0.15, 0.2) is 11.4 Å². The van der Waals surface area contributed by atoms with Crippen LogP contribution in [0.25, 0.3) is 0 Å². The van der Waals surface area contributed by atoms with Gasteiger partial charge in [0.25, 0.3) is 0 Å². The summed E-state index contributed by atoms with van der Waals surface area (Å²) < 4.78 is 0. The van der Waals surface area contributed by atoms with Crippen molar-refractivity contribution in [1.29, 1.82) is 0 Å². The minimum atomic E-state index is 0.0856. The SMILES string of the molecule is CC(C)[C@H](N)c1sccc1Cl. The highest BCUT2D eigenvalue weighted by Gasteiger charge is 2.14. The molecule has 0 aliphatic carbocycles. The molecule has 1 atom stereocenters. The molecule has 1 aromatic heterocycles. The van der Waals surface area contributed by atoms with Crippen molar-refractivity contribution in [2.75, 3.05) is 0 Å². The van der Waals surface area contributed by atoms with Crippen LogP contribution in [0.3, 0.4) is 0 Å². The summed E-state index contributed by atoms with van der Waals surface area (Å²) >= 11 is 7.54. The fourth-order valence-electron chi connectivity index (χ4n) is 0.846.